The third-order valence-electron chi connectivity index (χ3n) is 1.38. The van der Waals surface area contributed by atoms with Gasteiger partial charge < -0.3 is 5.11 Å². The third-order valence-corrected chi connectivity index (χ3v) is 1.99. The summed E-state index contributed by atoms with van der Waals surface area (Å²) in [5, 5.41) is 12.3. The topological polar surface area (TPSA) is 38.0 Å². The molecular formula is C6H6BrF3N2O. The summed E-state index contributed by atoms with van der Waals surface area (Å²) in [6, 6.07) is 0. The van der Waals surface area contributed by atoms with Crippen LogP contribution in [0.2, 0.25) is 0 Å². The fourth-order valence-corrected chi connectivity index (χ4v) is 1.41. The summed E-state index contributed by atoms with van der Waals surface area (Å²) < 4.78 is 37.3. The minimum Gasteiger partial charge on any atom is -0.378 e. The number of alkyl halides is 3. The van der Waals surface area contributed by atoms with Crippen molar-refractivity contribution >= 4 is 15.9 Å². The maximum atomic E-state index is 12.0. The van der Waals surface area contributed by atoms with Crippen LogP contribution in [0, 0.1) is 0 Å². The molecule has 0 saturated heterocycles. The predicted octanol–water partition coefficient (Wildman–Crippen LogP) is 1.78. The SMILES string of the molecule is Cn1cc(Br)c([C@H](O)C(F)(F)F)n1. The van der Waals surface area contributed by atoms with Gasteiger partial charge >= 0.3 is 6.18 Å². The summed E-state index contributed by atoms with van der Waals surface area (Å²) in [7, 11) is 1.47. The van der Waals surface area contributed by atoms with Gasteiger partial charge in [-0.05, 0) is 15.9 Å². The third kappa shape index (κ3) is 2.22. The van der Waals surface area contributed by atoms with Crippen LogP contribution in [0.1, 0.15) is 11.8 Å². The number of aliphatic hydroxyl groups is 1. The highest BCUT2D eigenvalue weighted by atomic mass is 79.9. The molecule has 1 N–H and O–H groups in total. The zero-order chi connectivity index (χ0) is 10.2. The van der Waals surface area contributed by atoms with Gasteiger partial charge in [-0.25, -0.2) is 0 Å². The highest BCUT2D eigenvalue weighted by Crippen LogP contribution is 2.34. The van der Waals surface area contributed by atoms with Crippen molar-refractivity contribution in [3.8, 4) is 0 Å². The molecule has 1 heterocycles. The monoisotopic (exact) mass is 258 g/mol. The summed E-state index contributed by atoms with van der Waals surface area (Å²) in [6.45, 7) is 0. The lowest BCUT2D eigenvalue weighted by Crippen LogP contribution is -2.21. The van der Waals surface area contributed by atoms with E-state index in [0.29, 0.717) is 0 Å². The first-order valence-corrected chi connectivity index (χ1v) is 4.05. The van der Waals surface area contributed by atoms with Crippen molar-refractivity contribution < 1.29 is 18.3 Å². The molecule has 1 rings (SSSR count). The number of aromatic nitrogens is 2. The molecule has 0 aliphatic carbocycles. The van der Waals surface area contributed by atoms with Crippen molar-refractivity contribution in [1.29, 1.82) is 0 Å². The number of aliphatic hydroxyl groups excluding tert-OH is 1. The van der Waals surface area contributed by atoms with E-state index in [1.807, 2.05) is 0 Å². The Bertz CT molecular complexity index is 309. The van der Waals surface area contributed by atoms with Crippen molar-refractivity contribution in [1.82, 2.24) is 9.78 Å². The molecule has 0 radical (unpaired) electrons. The normalized spacial score (nSPS) is 14.6. The second-order valence-electron chi connectivity index (χ2n) is 2.48. The molecule has 0 aromatic carbocycles. The molecule has 0 saturated carbocycles. The van der Waals surface area contributed by atoms with E-state index in [2.05, 4.69) is 21.0 Å². The second kappa shape index (κ2) is 3.30. The Morgan fingerprint density at radius 2 is 2.15 bits per heavy atom. The molecule has 1 aromatic heterocycles. The summed E-state index contributed by atoms with van der Waals surface area (Å²) >= 11 is 2.87. The Balaban J connectivity index is 3.01. The van der Waals surface area contributed by atoms with Crippen LogP contribution in [0.15, 0.2) is 10.7 Å². The molecule has 0 fully saturated rings. The average Bonchev–Trinajstić information content (AvgIpc) is 2.26. The van der Waals surface area contributed by atoms with Gasteiger partial charge in [0.25, 0.3) is 0 Å². The lowest BCUT2D eigenvalue weighted by molar-refractivity contribution is -0.208. The van der Waals surface area contributed by atoms with Gasteiger partial charge in [-0.15, -0.1) is 0 Å². The molecule has 74 valence electrons. The molecule has 0 bridgehead atoms. The van der Waals surface area contributed by atoms with Gasteiger partial charge in [0.15, 0.2) is 6.10 Å². The highest BCUT2D eigenvalue weighted by Gasteiger charge is 2.42. The Morgan fingerprint density at radius 1 is 1.62 bits per heavy atom. The van der Waals surface area contributed by atoms with Crippen LogP contribution in [-0.4, -0.2) is 21.1 Å². The highest BCUT2D eigenvalue weighted by molar-refractivity contribution is 9.10. The Hall–Kier alpha value is -0.560. The molecule has 0 aliphatic rings. The largest absolute Gasteiger partial charge is 0.420 e. The van der Waals surface area contributed by atoms with Crippen molar-refractivity contribution in [3.05, 3.63) is 16.4 Å². The van der Waals surface area contributed by atoms with Crippen LogP contribution in [0.25, 0.3) is 0 Å². The van der Waals surface area contributed by atoms with E-state index in [0.717, 1.165) is 0 Å². The van der Waals surface area contributed by atoms with E-state index < -0.39 is 18.0 Å². The van der Waals surface area contributed by atoms with Crippen molar-refractivity contribution in [3.63, 3.8) is 0 Å². The van der Waals surface area contributed by atoms with Gasteiger partial charge in [-0.2, -0.15) is 18.3 Å². The first-order chi connectivity index (χ1) is 5.82. The Labute approximate surface area is 80.3 Å². The van der Waals surface area contributed by atoms with Crippen molar-refractivity contribution in [2.24, 2.45) is 7.05 Å². The second-order valence-corrected chi connectivity index (χ2v) is 3.33. The number of nitrogens with zero attached hydrogens (tertiary/aromatic N) is 2. The summed E-state index contributed by atoms with van der Waals surface area (Å²) in [4.78, 5) is 0. The van der Waals surface area contributed by atoms with Crippen LogP contribution < -0.4 is 0 Å². The van der Waals surface area contributed by atoms with Crippen molar-refractivity contribution in [2.75, 3.05) is 0 Å². The quantitative estimate of drug-likeness (QED) is 0.834. The van der Waals surface area contributed by atoms with Gasteiger partial charge in [0.1, 0.15) is 5.69 Å². The molecule has 0 amide bonds. The van der Waals surface area contributed by atoms with Gasteiger partial charge in [0.2, 0.25) is 0 Å². The molecule has 0 unspecified atom stereocenters. The van der Waals surface area contributed by atoms with Crippen LogP contribution in [0.3, 0.4) is 0 Å². The average molecular weight is 259 g/mol. The lowest BCUT2D eigenvalue weighted by atomic mass is 10.2. The number of halogens is 4. The van der Waals surface area contributed by atoms with E-state index in [9.17, 15) is 13.2 Å². The van der Waals surface area contributed by atoms with Crippen molar-refractivity contribution in [2.45, 2.75) is 12.3 Å². The van der Waals surface area contributed by atoms with E-state index >= 15 is 0 Å². The predicted molar refractivity (Wildman–Crippen MR) is 41.9 cm³/mol. The first kappa shape index (κ1) is 10.5. The van der Waals surface area contributed by atoms with Gasteiger partial charge in [0, 0.05) is 13.2 Å². The zero-order valence-corrected chi connectivity index (χ0v) is 8.09. The number of hydrogen-bond donors (Lipinski definition) is 1. The molecule has 0 aliphatic heterocycles. The maximum Gasteiger partial charge on any atom is 0.420 e. The summed E-state index contributed by atoms with van der Waals surface area (Å²) in [5.41, 5.74) is -0.421. The standard InChI is InChI=1S/C6H6BrF3N2O/c1-12-2-3(7)4(11-12)5(13)6(8,9)10/h2,5,13H,1H3/t5-/m0/s1. The van der Waals surface area contributed by atoms with E-state index in [4.69, 9.17) is 5.11 Å². The molecule has 3 nitrogen and oxygen atoms in total. The molecule has 0 spiro atoms. The van der Waals surface area contributed by atoms with Gasteiger partial charge in [-0.1, -0.05) is 0 Å². The lowest BCUT2D eigenvalue weighted by Gasteiger charge is -2.11. The van der Waals surface area contributed by atoms with Gasteiger partial charge in [0.05, 0.1) is 4.47 Å². The molecule has 1 atom stereocenters. The summed E-state index contributed by atoms with van der Waals surface area (Å²) in [6.07, 6.45) is -5.88. The maximum absolute atomic E-state index is 12.0. The smallest absolute Gasteiger partial charge is 0.378 e. The fourth-order valence-electron chi connectivity index (χ4n) is 0.817. The number of rotatable bonds is 1. The molecule has 7 heteroatoms. The zero-order valence-electron chi connectivity index (χ0n) is 6.51. The van der Waals surface area contributed by atoms with Crippen LogP contribution in [0.4, 0.5) is 13.2 Å². The van der Waals surface area contributed by atoms with Crippen LogP contribution >= 0.6 is 15.9 Å². The summed E-state index contributed by atoms with van der Waals surface area (Å²) in [5.74, 6) is 0. The van der Waals surface area contributed by atoms with Crippen LogP contribution in [-0.2, 0) is 7.05 Å². The molecule has 13 heavy (non-hydrogen) atoms. The fraction of sp³-hybridized carbons (Fsp3) is 0.500. The van der Waals surface area contributed by atoms with E-state index in [-0.39, 0.29) is 4.47 Å². The minimum absolute atomic E-state index is 0.139. The Kier molecular flexibility index (Phi) is 2.67. The number of aryl methyl sites for hydroxylation is 1. The molecule has 1 aromatic rings. The molecular weight excluding hydrogens is 253 g/mol. The van der Waals surface area contributed by atoms with E-state index in [1.165, 1.54) is 17.9 Å². The number of hydrogen-bond acceptors (Lipinski definition) is 2. The Morgan fingerprint density at radius 3 is 2.46 bits per heavy atom. The first-order valence-electron chi connectivity index (χ1n) is 3.26. The van der Waals surface area contributed by atoms with Gasteiger partial charge in [-0.3, -0.25) is 4.68 Å². The minimum atomic E-state index is -4.68. The van der Waals surface area contributed by atoms with E-state index in [1.54, 1.807) is 0 Å². The van der Waals surface area contributed by atoms with Crippen LogP contribution in [0.5, 0.6) is 0 Å².